The van der Waals surface area contributed by atoms with Crippen molar-refractivity contribution in [2.24, 2.45) is 0 Å². The summed E-state index contributed by atoms with van der Waals surface area (Å²) >= 11 is 5.35. The molecule has 0 fully saturated rings. The summed E-state index contributed by atoms with van der Waals surface area (Å²) in [6, 6.07) is 0. The Hall–Kier alpha value is -0.980. The van der Waals surface area contributed by atoms with Gasteiger partial charge in [0.05, 0.1) is 6.42 Å². The maximum absolute atomic E-state index is 10.7. The molecule has 0 aliphatic heterocycles. The van der Waals surface area contributed by atoms with Crippen LogP contribution in [0.15, 0.2) is 29.7 Å². The van der Waals surface area contributed by atoms with E-state index in [9.17, 15) is 4.79 Å². The van der Waals surface area contributed by atoms with Crippen molar-refractivity contribution in [3.8, 4) is 0 Å². The summed E-state index contributed by atoms with van der Waals surface area (Å²) in [7, 11) is 0. The predicted molar refractivity (Wildman–Crippen MR) is 44.0 cm³/mol. The van der Waals surface area contributed by atoms with Gasteiger partial charge in [-0.25, -0.2) is 0 Å². The van der Waals surface area contributed by atoms with E-state index in [0.29, 0.717) is 0 Å². The van der Waals surface area contributed by atoms with Crippen LogP contribution in [0.1, 0.15) is 13.3 Å². The van der Waals surface area contributed by atoms with E-state index in [1.165, 1.54) is 6.26 Å². The summed E-state index contributed by atoms with van der Waals surface area (Å²) in [6.07, 6.45) is 2.84. The lowest BCUT2D eigenvalue weighted by atomic mass is 10.4. The minimum Gasteiger partial charge on any atom is -0.426 e. The van der Waals surface area contributed by atoms with Crippen molar-refractivity contribution < 1.29 is 9.53 Å². The van der Waals surface area contributed by atoms with E-state index < -0.39 is 5.97 Å². The first-order valence-electron chi connectivity index (χ1n) is 3.05. The Bertz CT molecular complexity index is 212. The molecule has 0 aromatic heterocycles. The van der Waals surface area contributed by atoms with Crippen LogP contribution in [0.3, 0.4) is 0 Å². The van der Waals surface area contributed by atoms with E-state index >= 15 is 0 Å². The fourth-order valence-electron chi connectivity index (χ4n) is 0.366. The molecule has 0 unspecified atom stereocenters. The number of rotatable bonds is 3. The van der Waals surface area contributed by atoms with E-state index in [2.05, 4.69) is 17.0 Å². The van der Waals surface area contributed by atoms with Gasteiger partial charge in [-0.05, 0) is 13.0 Å². The van der Waals surface area contributed by atoms with Gasteiger partial charge in [0.2, 0.25) is 0 Å². The quantitative estimate of drug-likeness (QED) is 0.371. The smallest absolute Gasteiger partial charge is 0.316 e. The molecule has 0 aliphatic carbocycles. The normalized spacial score (nSPS) is 7.82. The zero-order valence-electron chi connectivity index (χ0n) is 6.26. The second-order valence-corrected chi connectivity index (χ2v) is 2.29. The zero-order valence-corrected chi connectivity index (χ0v) is 7.02. The molecule has 60 valence electrons. The van der Waals surface area contributed by atoms with E-state index in [4.69, 9.17) is 11.6 Å². The number of halogens is 1. The molecule has 0 aromatic rings. The molecule has 0 spiro atoms. The lowest BCUT2D eigenvalue weighted by Gasteiger charge is -1.93. The minimum atomic E-state index is -0.431. The van der Waals surface area contributed by atoms with Gasteiger partial charge < -0.3 is 4.74 Å². The molecule has 0 saturated carbocycles. The molecule has 0 heterocycles. The molecule has 0 N–H and O–H groups in total. The van der Waals surface area contributed by atoms with Crippen molar-refractivity contribution >= 4 is 17.6 Å². The lowest BCUT2D eigenvalue weighted by Crippen LogP contribution is -1.97. The third-order valence-corrected chi connectivity index (χ3v) is 0.895. The van der Waals surface area contributed by atoms with Crippen LogP contribution in [-0.4, -0.2) is 5.97 Å². The molecule has 0 amide bonds. The first kappa shape index (κ1) is 10.0. The second-order valence-electron chi connectivity index (χ2n) is 1.76. The Morgan fingerprint density at radius 2 is 2.45 bits per heavy atom. The third-order valence-electron chi connectivity index (χ3n) is 0.761. The van der Waals surface area contributed by atoms with Crippen LogP contribution in [0.2, 0.25) is 0 Å². The SMILES string of the molecule is C=C(Cl)CC(=O)OC=C=CC. The maximum Gasteiger partial charge on any atom is 0.316 e. The van der Waals surface area contributed by atoms with Gasteiger partial charge in [0.25, 0.3) is 0 Å². The Labute approximate surface area is 70.8 Å². The fourth-order valence-corrected chi connectivity index (χ4v) is 0.475. The number of allylic oxidation sites excluding steroid dienone is 1. The van der Waals surface area contributed by atoms with Gasteiger partial charge in [0, 0.05) is 5.03 Å². The van der Waals surface area contributed by atoms with Gasteiger partial charge in [0.15, 0.2) is 0 Å². The van der Waals surface area contributed by atoms with Crippen LogP contribution in [0.4, 0.5) is 0 Å². The van der Waals surface area contributed by atoms with E-state index in [-0.39, 0.29) is 11.5 Å². The van der Waals surface area contributed by atoms with Gasteiger partial charge >= 0.3 is 5.97 Å². The predicted octanol–water partition coefficient (Wildman–Crippen LogP) is 2.36. The largest absolute Gasteiger partial charge is 0.426 e. The molecule has 0 radical (unpaired) electrons. The minimum absolute atomic E-state index is 0.0312. The molecule has 0 saturated heterocycles. The van der Waals surface area contributed by atoms with Gasteiger partial charge in [-0.3, -0.25) is 4.79 Å². The van der Waals surface area contributed by atoms with Crippen molar-refractivity contribution in [1.29, 1.82) is 0 Å². The van der Waals surface area contributed by atoms with Gasteiger partial charge in [-0.15, -0.1) is 0 Å². The summed E-state index contributed by atoms with van der Waals surface area (Å²) in [4.78, 5) is 10.7. The molecule has 0 bridgehead atoms. The molecular formula is C8H9ClO2. The highest BCUT2D eigenvalue weighted by molar-refractivity contribution is 6.30. The highest BCUT2D eigenvalue weighted by Crippen LogP contribution is 2.03. The first-order valence-corrected chi connectivity index (χ1v) is 3.43. The zero-order chi connectivity index (χ0) is 8.69. The van der Waals surface area contributed by atoms with Crippen molar-refractivity contribution in [2.75, 3.05) is 0 Å². The Kier molecular flexibility index (Phi) is 5.26. The number of carbonyl (C=O) groups is 1. The van der Waals surface area contributed by atoms with E-state index in [1.54, 1.807) is 13.0 Å². The molecule has 11 heavy (non-hydrogen) atoms. The fraction of sp³-hybridized carbons (Fsp3) is 0.250. The summed E-state index contributed by atoms with van der Waals surface area (Å²) in [5, 5.41) is 0.267. The molecular weight excluding hydrogens is 164 g/mol. The first-order chi connectivity index (χ1) is 5.16. The highest BCUT2D eigenvalue weighted by atomic mass is 35.5. The molecule has 3 heteroatoms. The molecule has 0 rings (SSSR count). The number of hydrogen-bond acceptors (Lipinski definition) is 2. The average Bonchev–Trinajstić information content (AvgIpc) is 1.86. The number of ether oxygens (including phenoxy) is 1. The van der Waals surface area contributed by atoms with Crippen molar-refractivity contribution in [2.45, 2.75) is 13.3 Å². The van der Waals surface area contributed by atoms with Gasteiger partial charge in [0.1, 0.15) is 6.26 Å². The summed E-state index contributed by atoms with van der Waals surface area (Å²) in [5.74, 6) is -0.431. The summed E-state index contributed by atoms with van der Waals surface area (Å²) in [6.45, 7) is 5.11. The average molecular weight is 173 g/mol. The number of carbonyl (C=O) groups excluding carboxylic acids is 1. The lowest BCUT2D eigenvalue weighted by molar-refractivity contribution is -0.137. The standard InChI is InChI=1S/C8H9ClO2/c1-3-4-5-11-8(10)6-7(2)9/h3,5H,2,6H2,1H3. The van der Waals surface area contributed by atoms with Crippen molar-refractivity contribution in [1.82, 2.24) is 0 Å². The van der Waals surface area contributed by atoms with Crippen LogP contribution in [0.25, 0.3) is 0 Å². The Balaban J connectivity index is 3.71. The topological polar surface area (TPSA) is 26.3 Å². The van der Waals surface area contributed by atoms with Crippen molar-refractivity contribution in [3.05, 3.63) is 29.7 Å². The van der Waals surface area contributed by atoms with Crippen molar-refractivity contribution in [3.63, 3.8) is 0 Å². The van der Waals surface area contributed by atoms with Gasteiger partial charge in [-0.1, -0.05) is 23.9 Å². The van der Waals surface area contributed by atoms with Crippen LogP contribution < -0.4 is 0 Å². The molecule has 0 aromatic carbocycles. The monoisotopic (exact) mass is 172 g/mol. The molecule has 0 aliphatic rings. The third kappa shape index (κ3) is 6.91. The highest BCUT2D eigenvalue weighted by Gasteiger charge is 2.00. The Morgan fingerprint density at radius 1 is 1.82 bits per heavy atom. The Morgan fingerprint density at radius 3 is 2.91 bits per heavy atom. The number of hydrogen-bond donors (Lipinski definition) is 0. The van der Waals surface area contributed by atoms with Crippen LogP contribution in [0, 0.1) is 0 Å². The maximum atomic E-state index is 10.7. The van der Waals surface area contributed by atoms with Gasteiger partial charge in [-0.2, -0.15) is 0 Å². The molecule has 2 nitrogen and oxygen atoms in total. The summed E-state index contributed by atoms with van der Waals surface area (Å²) in [5.41, 5.74) is 2.59. The van der Waals surface area contributed by atoms with Crippen LogP contribution in [-0.2, 0) is 9.53 Å². The van der Waals surface area contributed by atoms with E-state index in [0.717, 1.165) is 0 Å². The van der Waals surface area contributed by atoms with Crippen LogP contribution >= 0.6 is 11.6 Å². The molecule has 0 atom stereocenters. The number of esters is 1. The second kappa shape index (κ2) is 5.78. The van der Waals surface area contributed by atoms with Crippen LogP contribution in [0.5, 0.6) is 0 Å². The van der Waals surface area contributed by atoms with E-state index in [1.807, 2.05) is 0 Å². The summed E-state index contributed by atoms with van der Waals surface area (Å²) < 4.78 is 4.54.